The van der Waals surface area contributed by atoms with Gasteiger partial charge in [0.05, 0.1) is 6.54 Å². The van der Waals surface area contributed by atoms with Crippen LogP contribution in [0.2, 0.25) is 0 Å². The van der Waals surface area contributed by atoms with E-state index in [-0.39, 0.29) is 18.3 Å². The van der Waals surface area contributed by atoms with Crippen LogP contribution in [0.25, 0.3) is 0 Å². The van der Waals surface area contributed by atoms with Gasteiger partial charge in [-0.3, -0.25) is 0 Å². The van der Waals surface area contributed by atoms with E-state index >= 15 is 0 Å². The minimum atomic E-state index is -1.06. The molecule has 2 amide bonds. The smallest absolute Gasteiger partial charge is 0.355 e. The second-order valence-electron chi connectivity index (χ2n) is 3.97. The van der Waals surface area contributed by atoms with Crippen molar-refractivity contribution in [2.45, 2.75) is 13.0 Å². The van der Waals surface area contributed by atoms with Crippen LogP contribution in [0.1, 0.15) is 21.9 Å². The van der Waals surface area contributed by atoms with Gasteiger partial charge in [-0.1, -0.05) is 0 Å². The number of carbonyl (C=O) groups excluding carboxylic acids is 1. The second kappa shape index (κ2) is 7.70. The van der Waals surface area contributed by atoms with Crippen LogP contribution in [-0.4, -0.2) is 54.2 Å². The number of hydrogen-bond donors (Lipinski definition) is 3. The predicted octanol–water partition coefficient (Wildman–Crippen LogP) is 0.592. The van der Waals surface area contributed by atoms with E-state index in [1.165, 1.54) is 16.7 Å². The summed E-state index contributed by atoms with van der Waals surface area (Å²) in [7, 11) is 3.58. The number of aromatic carboxylic acids is 1. The summed E-state index contributed by atoms with van der Waals surface area (Å²) < 4.78 is 0. The molecule has 1 rings (SSSR count). The van der Waals surface area contributed by atoms with E-state index < -0.39 is 5.97 Å². The summed E-state index contributed by atoms with van der Waals surface area (Å²) >= 11 is 1.22. The highest BCUT2D eigenvalue weighted by atomic mass is 32.1. The fraction of sp³-hybridized carbons (Fsp3) is 0.545. The maximum atomic E-state index is 11.7. The lowest BCUT2D eigenvalue weighted by molar-refractivity contribution is 0.0691. The number of amides is 2. The fourth-order valence-electron chi connectivity index (χ4n) is 1.37. The van der Waals surface area contributed by atoms with Crippen LogP contribution in [0.15, 0.2) is 5.38 Å². The Hall–Kier alpha value is -1.67. The number of nitrogens with zero attached hydrogens (tertiary/aromatic N) is 2. The van der Waals surface area contributed by atoms with Crippen molar-refractivity contribution in [2.24, 2.45) is 0 Å². The van der Waals surface area contributed by atoms with Gasteiger partial charge in [0.15, 0.2) is 5.69 Å². The van der Waals surface area contributed by atoms with E-state index in [0.717, 1.165) is 13.0 Å². The number of aromatic nitrogens is 1. The van der Waals surface area contributed by atoms with Crippen molar-refractivity contribution in [1.29, 1.82) is 0 Å². The molecule has 1 aromatic rings. The van der Waals surface area contributed by atoms with E-state index in [0.29, 0.717) is 11.6 Å². The Labute approximate surface area is 115 Å². The van der Waals surface area contributed by atoms with Gasteiger partial charge in [-0.05, 0) is 20.0 Å². The zero-order valence-corrected chi connectivity index (χ0v) is 11.8. The molecule has 0 fully saturated rings. The van der Waals surface area contributed by atoms with Gasteiger partial charge in [0.25, 0.3) is 0 Å². The number of rotatable bonds is 7. The summed E-state index contributed by atoms with van der Waals surface area (Å²) in [6.45, 7) is 1.75. The third kappa shape index (κ3) is 5.23. The number of nitrogens with one attached hydrogen (secondary N) is 2. The molecule has 0 aliphatic carbocycles. The lowest BCUT2D eigenvalue weighted by Gasteiger charge is -2.17. The second-order valence-corrected chi connectivity index (χ2v) is 4.91. The molecule has 0 aliphatic rings. The minimum absolute atomic E-state index is 0.0108. The molecule has 0 unspecified atom stereocenters. The predicted molar refractivity (Wildman–Crippen MR) is 72.5 cm³/mol. The molecule has 0 aliphatic heterocycles. The average Bonchev–Trinajstić information content (AvgIpc) is 2.85. The van der Waals surface area contributed by atoms with E-state index in [9.17, 15) is 9.59 Å². The monoisotopic (exact) mass is 286 g/mol. The maximum Gasteiger partial charge on any atom is 0.355 e. The number of carbonyl (C=O) groups is 2. The van der Waals surface area contributed by atoms with Gasteiger partial charge in [0.1, 0.15) is 5.01 Å². The Bertz CT molecular complexity index is 435. The Morgan fingerprint density at radius 3 is 2.84 bits per heavy atom. The van der Waals surface area contributed by atoms with E-state index in [2.05, 4.69) is 15.6 Å². The van der Waals surface area contributed by atoms with E-state index in [4.69, 9.17) is 5.11 Å². The van der Waals surface area contributed by atoms with Crippen molar-refractivity contribution in [2.75, 3.05) is 27.2 Å². The molecule has 106 valence electrons. The van der Waals surface area contributed by atoms with Gasteiger partial charge in [-0.2, -0.15) is 0 Å². The number of hydrogen-bond acceptors (Lipinski definition) is 5. The average molecular weight is 286 g/mol. The first-order chi connectivity index (χ1) is 9.04. The van der Waals surface area contributed by atoms with Crippen LogP contribution in [-0.2, 0) is 6.54 Å². The molecule has 19 heavy (non-hydrogen) atoms. The largest absolute Gasteiger partial charge is 0.476 e. The van der Waals surface area contributed by atoms with Crippen molar-refractivity contribution in [3.63, 3.8) is 0 Å². The van der Waals surface area contributed by atoms with Crippen LogP contribution in [0.4, 0.5) is 4.79 Å². The van der Waals surface area contributed by atoms with Crippen molar-refractivity contribution in [1.82, 2.24) is 20.5 Å². The van der Waals surface area contributed by atoms with Crippen molar-refractivity contribution < 1.29 is 14.7 Å². The van der Waals surface area contributed by atoms with Crippen LogP contribution in [0, 0.1) is 0 Å². The highest BCUT2D eigenvalue weighted by Crippen LogP contribution is 2.09. The number of carboxylic acid groups (broad SMARTS) is 1. The third-order valence-electron chi connectivity index (χ3n) is 2.43. The molecule has 0 spiro atoms. The topological polar surface area (TPSA) is 94.6 Å². The Morgan fingerprint density at radius 2 is 2.26 bits per heavy atom. The van der Waals surface area contributed by atoms with Gasteiger partial charge in [-0.25, -0.2) is 14.6 Å². The first-order valence-corrected chi connectivity index (χ1v) is 6.73. The van der Waals surface area contributed by atoms with Crippen LogP contribution in [0.3, 0.4) is 0 Å². The lowest BCUT2D eigenvalue weighted by atomic mass is 10.4. The van der Waals surface area contributed by atoms with E-state index in [1.807, 2.05) is 7.05 Å². The molecule has 8 heteroatoms. The SMILES string of the molecule is CNCCCN(C)C(=O)NCc1nc(C(=O)O)cs1. The molecule has 1 heterocycles. The van der Waals surface area contributed by atoms with Gasteiger partial charge < -0.3 is 20.6 Å². The molecular formula is C11H18N4O3S. The molecule has 7 nitrogen and oxygen atoms in total. The minimum Gasteiger partial charge on any atom is -0.476 e. The summed E-state index contributed by atoms with van der Waals surface area (Å²) in [5.74, 6) is -1.06. The fourth-order valence-corrected chi connectivity index (χ4v) is 2.08. The Morgan fingerprint density at radius 1 is 1.53 bits per heavy atom. The lowest BCUT2D eigenvalue weighted by Crippen LogP contribution is -2.38. The highest BCUT2D eigenvalue weighted by Gasteiger charge is 2.11. The van der Waals surface area contributed by atoms with Gasteiger partial charge >= 0.3 is 12.0 Å². The summed E-state index contributed by atoms with van der Waals surface area (Å²) in [6.07, 6.45) is 0.876. The quantitative estimate of drug-likeness (QED) is 0.638. The molecule has 1 aromatic heterocycles. The number of thiazole rings is 1. The molecule has 0 bridgehead atoms. The standard InChI is InChI=1S/C11H18N4O3S/c1-12-4-3-5-15(2)11(18)13-6-9-14-8(7-19-9)10(16)17/h7,12H,3-6H2,1-2H3,(H,13,18)(H,16,17). The van der Waals surface area contributed by atoms with Gasteiger partial charge in [0.2, 0.25) is 0 Å². The molecule has 0 saturated heterocycles. The Kier molecular flexibility index (Phi) is 6.23. The van der Waals surface area contributed by atoms with Crippen LogP contribution < -0.4 is 10.6 Å². The highest BCUT2D eigenvalue weighted by molar-refractivity contribution is 7.09. The van der Waals surface area contributed by atoms with Gasteiger partial charge in [-0.15, -0.1) is 11.3 Å². The molecular weight excluding hydrogens is 268 g/mol. The zero-order chi connectivity index (χ0) is 14.3. The normalized spacial score (nSPS) is 10.2. The Balaban J connectivity index is 2.34. The summed E-state index contributed by atoms with van der Waals surface area (Å²) in [5, 5.41) is 16.5. The summed E-state index contributed by atoms with van der Waals surface area (Å²) in [4.78, 5) is 27.8. The van der Waals surface area contributed by atoms with Crippen molar-refractivity contribution in [3.05, 3.63) is 16.1 Å². The third-order valence-corrected chi connectivity index (χ3v) is 3.28. The maximum absolute atomic E-state index is 11.7. The molecule has 0 atom stereocenters. The molecule has 0 radical (unpaired) electrons. The molecule has 0 saturated carbocycles. The summed E-state index contributed by atoms with van der Waals surface area (Å²) in [6, 6.07) is -0.192. The number of carboxylic acids is 1. The zero-order valence-electron chi connectivity index (χ0n) is 11.0. The van der Waals surface area contributed by atoms with Crippen LogP contribution in [0.5, 0.6) is 0 Å². The first kappa shape index (κ1) is 15.4. The van der Waals surface area contributed by atoms with Crippen molar-refractivity contribution >= 4 is 23.3 Å². The van der Waals surface area contributed by atoms with Crippen LogP contribution >= 0.6 is 11.3 Å². The summed E-state index contributed by atoms with van der Waals surface area (Å²) in [5.41, 5.74) is 0.0108. The number of urea groups is 1. The van der Waals surface area contributed by atoms with Gasteiger partial charge in [0, 0.05) is 19.0 Å². The molecule has 0 aromatic carbocycles. The first-order valence-electron chi connectivity index (χ1n) is 5.86. The van der Waals surface area contributed by atoms with Crippen molar-refractivity contribution in [3.8, 4) is 0 Å². The van der Waals surface area contributed by atoms with E-state index in [1.54, 1.807) is 11.9 Å². The molecule has 3 N–H and O–H groups in total.